The van der Waals surface area contributed by atoms with Gasteiger partial charge in [-0.25, -0.2) is 0 Å². The zero-order chi connectivity index (χ0) is 14.4. The van der Waals surface area contributed by atoms with Crippen LogP contribution in [0.25, 0.3) is 0 Å². The maximum absolute atomic E-state index is 5.93. The fourth-order valence-corrected chi connectivity index (χ4v) is 3.14. The highest BCUT2D eigenvalue weighted by molar-refractivity contribution is 7.16. The molecule has 5 heteroatoms. The van der Waals surface area contributed by atoms with E-state index in [4.69, 9.17) is 22.2 Å². The van der Waals surface area contributed by atoms with E-state index in [1.807, 2.05) is 30.3 Å². The highest BCUT2D eigenvalue weighted by Crippen LogP contribution is 2.23. The van der Waals surface area contributed by atoms with Crippen LogP contribution in [0, 0.1) is 6.92 Å². The van der Waals surface area contributed by atoms with Crippen molar-refractivity contribution in [2.75, 3.05) is 6.61 Å². The molecule has 0 bridgehead atoms. The Bertz CT molecular complexity index is 544. The summed E-state index contributed by atoms with van der Waals surface area (Å²) in [4.78, 5) is 1.23. The Balaban J connectivity index is 1.79. The summed E-state index contributed by atoms with van der Waals surface area (Å²) in [5.74, 6) is 6.50. The number of aryl methyl sites for hydroxylation is 1. The lowest BCUT2D eigenvalue weighted by Gasteiger charge is -2.15. The minimum atomic E-state index is 0.189. The molecule has 20 heavy (non-hydrogen) atoms. The Morgan fingerprint density at radius 1 is 1.35 bits per heavy atom. The summed E-state index contributed by atoms with van der Waals surface area (Å²) in [5, 5.41) is 0. The average molecular weight is 311 g/mol. The van der Waals surface area contributed by atoms with E-state index in [1.165, 1.54) is 10.4 Å². The van der Waals surface area contributed by atoms with E-state index in [0.29, 0.717) is 6.61 Å². The van der Waals surface area contributed by atoms with Crippen LogP contribution in [-0.2, 0) is 6.42 Å². The third kappa shape index (κ3) is 4.80. The van der Waals surface area contributed by atoms with Gasteiger partial charge in [0.25, 0.3) is 0 Å². The normalized spacial score (nSPS) is 12.3. The van der Waals surface area contributed by atoms with Crippen molar-refractivity contribution in [3.8, 4) is 5.75 Å². The van der Waals surface area contributed by atoms with Crippen LogP contribution in [0.15, 0.2) is 36.4 Å². The molecule has 1 atom stereocenters. The van der Waals surface area contributed by atoms with Gasteiger partial charge in [0.15, 0.2) is 0 Å². The molecule has 0 aliphatic heterocycles. The maximum atomic E-state index is 5.93. The van der Waals surface area contributed by atoms with Crippen molar-refractivity contribution in [1.29, 1.82) is 0 Å². The summed E-state index contributed by atoms with van der Waals surface area (Å²) in [7, 11) is 0. The first-order chi connectivity index (χ1) is 9.67. The first kappa shape index (κ1) is 15.3. The second-order valence-electron chi connectivity index (χ2n) is 4.73. The molecule has 1 aromatic heterocycles. The number of nitrogens with one attached hydrogen (secondary N) is 1. The highest BCUT2D eigenvalue weighted by Gasteiger charge is 2.10. The van der Waals surface area contributed by atoms with E-state index in [1.54, 1.807) is 11.3 Å². The van der Waals surface area contributed by atoms with Crippen LogP contribution in [-0.4, -0.2) is 12.6 Å². The van der Waals surface area contributed by atoms with Gasteiger partial charge in [-0.05, 0) is 49.6 Å². The molecule has 0 saturated heterocycles. The molecule has 1 heterocycles. The number of benzene rings is 1. The average Bonchev–Trinajstić information content (AvgIpc) is 2.83. The Morgan fingerprint density at radius 2 is 2.20 bits per heavy atom. The fourth-order valence-electron chi connectivity index (χ4n) is 1.97. The van der Waals surface area contributed by atoms with Gasteiger partial charge in [-0.3, -0.25) is 11.3 Å². The minimum Gasteiger partial charge on any atom is -0.494 e. The van der Waals surface area contributed by atoms with Crippen molar-refractivity contribution >= 4 is 22.9 Å². The SMILES string of the molecule is Cc1cccc(OCCC(Cc2ccc(Cl)s2)NN)c1. The van der Waals surface area contributed by atoms with Gasteiger partial charge in [-0.2, -0.15) is 0 Å². The monoisotopic (exact) mass is 310 g/mol. The predicted octanol–water partition coefficient (Wildman–Crippen LogP) is 3.55. The highest BCUT2D eigenvalue weighted by atomic mass is 35.5. The number of ether oxygens (including phenoxy) is 1. The molecule has 1 aromatic carbocycles. The van der Waals surface area contributed by atoms with Crippen LogP contribution in [0.4, 0.5) is 0 Å². The maximum Gasteiger partial charge on any atom is 0.119 e. The molecule has 2 aromatic rings. The summed E-state index contributed by atoms with van der Waals surface area (Å²) >= 11 is 7.52. The quantitative estimate of drug-likeness (QED) is 0.607. The van der Waals surface area contributed by atoms with Gasteiger partial charge in [0.05, 0.1) is 10.9 Å². The first-order valence-electron chi connectivity index (χ1n) is 6.57. The third-order valence-electron chi connectivity index (χ3n) is 3.04. The molecule has 3 N–H and O–H groups in total. The number of hydrazine groups is 1. The number of halogens is 1. The van der Waals surface area contributed by atoms with Gasteiger partial charge in [0.2, 0.25) is 0 Å². The van der Waals surface area contributed by atoms with Crippen molar-refractivity contribution in [1.82, 2.24) is 5.43 Å². The number of hydrogen-bond donors (Lipinski definition) is 2. The molecular weight excluding hydrogens is 292 g/mol. The molecule has 0 radical (unpaired) electrons. The molecule has 3 nitrogen and oxygen atoms in total. The predicted molar refractivity (Wildman–Crippen MR) is 85.4 cm³/mol. The van der Waals surface area contributed by atoms with Crippen molar-refractivity contribution in [3.05, 3.63) is 51.2 Å². The lowest BCUT2D eigenvalue weighted by atomic mass is 10.1. The summed E-state index contributed by atoms with van der Waals surface area (Å²) < 4.78 is 6.56. The largest absolute Gasteiger partial charge is 0.494 e. The second kappa shape index (κ2) is 7.64. The van der Waals surface area contributed by atoms with Crippen LogP contribution in [0.2, 0.25) is 4.34 Å². The van der Waals surface area contributed by atoms with Gasteiger partial charge >= 0.3 is 0 Å². The van der Waals surface area contributed by atoms with E-state index in [-0.39, 0.29) is 6.04 Å². The van der Waals surface area contributed by atoms with E-state index in [0.717, 1.165) is 22.9 Å². The molecule has 108 valence electrons. The van der Waals surface area contributed by atoms with Crippen molar-refractivity contribution in [2.45, 2.75) is 25.8 Å². The number of thiophene rings is 1. The molecular formula is C15H19ClN2OS. The van der Waals surface area contributed by atoms with E-state index in [9.17, 15) is 0 Å². The molecule has 0 spiro atoms. The summed E-state index contributed by atoms with van der Waals surface area (Å²) in [6, 6.07) is 12.2. The standard InChI is InChI=1S/C15H19ClN2OS/c1-11-3-2-4-13(9-11)19-8-7-12(18-17)10-14-5-6-15(16)20-14/h2-6,9,12,18H,7-8,10,17H2,1H3. The zero-order valence-corrected chi connectivity index (χ0v) is 13.0. The van der Waals surface area contributed by atoms with Crippen LogP contribution in [0.1, 0.15) is 16.9 Å². The minimum absolute atomic E-state index is 0.189. The number of rotatable bonds is 7. The van der Waals surface area contributed by atoms with E-state index < -0.39 is 0 Å². The summed E-state index contributed by atoms with van der Waals surface area (Å²) in [6.07, 6.45) is 1.71. The molecule has 0 aliphatic carbocycles. The number of nitrogens with two attached hydrogens (primary N) is 1. The van der Waals surface area contributed by atoms with Crippen LogP contribution in [0.5, 0.6) is 5.75 Å². The van der Waals surface area contributed by atoms with Gasteiger partial charge in [0.1, 0.15) is 5.75 Å². The van der Waals surface area contributed by atoms with Gasteiger partial charge < -0.3 is 4.74 Å². The lowest BCUT2D eigenvalue weighted by molar-refractivity contribution is 0.285. The summed E-state index contributed by atoms with van der Waals surface area (Å²) in [5.41, 5.74) is 4.04. The Hall–Kier alpha value is -1.07. The van der Waals surface area contributed by atoms with Crippen LogP contribution >= 0.6 is 22.9 Å². The molecule has 0 fully saturated rings. The van der Waals surface area contributed by atoms with Gasteiger partial charge in [-0.15, -0.1) is 11.3 Å². The van der Waals surface area contributed by atoms with Crippen molar-refractivity contribution in [3.63, 3.8) is 0 Å². The zero-order valence-electron chi connectivity index (χ0n) is 11.4. The second-order valence-corrected chi connectivity index (χ2v) is 6.53. The fraction of sp³-hybridized carbons (Fsp3) is 0.333. The smallest absolute Gasteiger partial charge is 0.119 e. The Morgan fingerprint density at radius 3 is 2.85 bits per heavy atom. The van der Waals surface area contributed by atoms with E-state index >= 15 is 0 Å². The molecule has 0 aliphatic rings. The first-order valence-corrected chi connectivity index (χ1v) is 7.76. The van der Waals surface area contributed by atoms with Crippen molar-refractivity contribution < 1.29 is 4.74 Å². The molecule has 2 rings (SSSR count). The molecule has 0 amide bonds. The number of hydrogen-bond acceptors (Lipinski definition) is 4. The van der Waals surface area contributed by atoms with Gasteiger partial charge in [-0.1, -0.05) is 23.7 Å². The van der Waals surface area contributed by atoms with Crippen LogP contribution < -0.4 is 16.0 Å². The van der Waals surface area contributed by atoms with E-state index in [2.05, 4.69) is 18.4 Å². The molecule has 0 saturated carbocycles. The topological polar surface area (TPSA) is 47.3 Å². The van der Waals surface area contributed by atoms with Gasteiger partial charge in [0, 0.05) is 10.9 Å². The summed E-state index contributed by atoms with van der Waals surface area (Å²) in [6.45, 7) is 2.69. The third-order valence-corrected chi connectivity index (χ3v) is 4.29. The molecule has 1 unspecified atom stereocenters. The van der Waals surface area contributed by atoms with Crippen molar-refractivity contribution in [2.24, 2.45) is 5.84 Å². The Labute approximate surface area is 128 Å². The Kier molecular flexibility index (Phi) is 5.86. The van der Waals surface area contributed by atoms with Crippen LogP contribution in [0.3, 0.4) is 0 Å². The lowest BCUT2D eigenvalue weighted by Crippen LogP contribution is -2.37.